The highest BCUT2D eigenvalue weighted by molar-refractivity contribution is 5.77. The van der Waals surface area contributed by atoms with Crippen LogP contribution in [0.5, 0.6) is 0 Å². The quantitative estimate of drug-likeness (QED) is 0.730. The van der Waals surface area contributed by atoms with Gasteiger partial charge in [0.1, 0.15) is 0 Å². The van der Waals surface area contributed by atoms with Crippen molar-refractivity contribution in [2.75, 3.05) is 59.5 Å². The highest BCUT2D eigenvalue weighted by Crippen LogP contribution is 2.20. The Kier molecular flexibility index (Phi) is 6.45. The van der Waals surface area contributed by atoms with Gasteiger partial charge in [-0.25, -0.2) is 0 Å². The molecule has 5 heteroatoms. The van der Waals surface area contributed by atoms with E-state index in [4.69, 9.17) is 4.74 Å². The number of carbonyl (C=O) groups is 1. The molecule has 0 bridgehead atoms. The van der Waals surface area contributed by atoms with Crippen molar-refractivity contribution in [3.63, 3.8) is 0 Å². The Balaban J connectivity index is 1.69. The van der Waals surface area contributed by atoms with E-state index >= 15 is 0 Å². The molecule has 0 aliphatic carbocycles. The van der Waals surface area contributed by atoms with Gasteiger partial charge < -0.3 is 14.5 Å². The highest BCUT2D eigenvalue weighted by Gasteiger charge is 2.27. The van der Waals surface area contributed by atoms with E-state index in [1.165, 1.54) is 0 Å². The lowest BCUT2D eigenvalue weighted by atomic mass is 9.96. The molecule has 1 amide bonds. The molecule has 0 N–H and O–H groups in total. The molecule has 0 aromatic heterocycles. The molecule has 21 heavy (non-hydrogen) atoms. The van der Waals surface area contributed by atoms with Gasteiger partial charge >= 0.3 is 0 Å². The lowest BCUT2D eigenvalue weighted by Crippen LogP contribution is -2.47. The fourth-order valence-electron chi connectivity index (χ4n) is 3.26. The van der Waals surface area contributed by atoms with Crippen molar-refractivity contribution in [3.05, 3.63) is 0 Å². The van der Waals surface area contributed by atoms with E-state index in [1.54, 1.807) is 0 Å². The molecule has 1 unspecified atom stereocenters. The average Bonchev–Trinajstić information content (AvgIpc) is 2.48. The maximum atomic E-state index is 11.9. The van der Waals surface area contributed by atoms with Crippen LogP contribution in [0.25, 0.3) is 0 Å². The molecule has 2 saturated heterocycles. The molecular formula is C16H31N3O2. The van der Waals surface area contributed by atoms with Gasteiger partial charge in [-0.15, -0.1) is 0 Å². The molecular weight excluding hydrogens is 266 g/mol. The normalized spacial score (nSPS) is 25.1. The minimum absolute atomic E-state index is 0.331. The number of rotatable bonds is 6. The summed E-state index contributed by atoms with van der Waals surface area (Å²) in [6.45, 7) is 12.4. The van der Waals surface area contributed by atoms with Crippen molar-refractivity contribution in [2.24, 2.45) is 5.92 Å². The topological polar surface area (TPSA) is 36.0 Å². The molecule has 1 atom stereocenters. The molecule has 2 fully saturated rings. The first-order valence-corrected chi connectivity index (χ1v) is 8.34. The van der Waals surface area contributed by atoms with Crippen molar-refractivity contribution >= 4 is 5.91 Å². The second-order valence-corrected chi connectivity index (χ2v) is 6.76. The van der Waals surface area contributed by atoms with E-state index in [9.17, 15) is 4.79 Å². The summed E-state index contributed by atoms with van der Waals surface area (Å²) in [4.78, 5) is 18.8. The second-order valence-electron chi connectivity index (χ2n) is 6.76. The number of likely N-dealkylation sites (N-methyl/N-ethyl adjacent to an activating group) is 1. The van der Waals surface area contributed by atoms with Crippen LogP contribution in [0.3, 0.4) is 0 Å². The molecule has 0 aromatic carbocycles. The molecule has 122 valence electrons. The Labute approximate surface area is 129 Å². The zero-order valence-corrected chi connectivity index (χ0v) is 13.9. The van der Waals surface area contributed by atoms with E-state index in [1.807, 2.05) is 4.90 Å². The van der Waals surface area contributed by atoms with Crippen molar-refractivity contribution in [2.45, 2.75) is 32.7 Å². The van der Waals surface area contributed by atoms with E-state index in [2.05, 4.69) is 30.7 Å². The van der Waals surface area contributed by atoms with Crippen molar-refractivity contribution in [1.82, 2.24) is 14.7 Å². The van der Waals surface area contributed by atoms with E-state index < -0.39 is 0 Å². The van der Waals surface area contributed by atoms with E-state index in [0.717, 1.165) is 65.3 Å². The second kappa shape index (κ2) is 8.11. The third kappa shape index (κ3) is 5.24. The smallest absolute Gasteiger partial charge is 0.222 e. The van der Waals surface area contributed by atoms with Crippen LogP contribution in [0.4, 0.5) is 0 Å². The standard InChI is InChI=1S/C16H31N3O2/c1-14(2)19-13-15(4-5-16(19)20)12-17(3)6-7-18-8-10-21-11-9-18/h14-15H,4-13H2,1-3H3. The van der Waals surface area contributed by atoms with Gasteiger partial charge in [-0.05, 0) is 33.2 Å². The molecule has 0 aromatic rings. The number of likely N-dealkylation sites (tertiary alicyclic amines) is 1. The fourth-order valence-corrected chi connectivity index (χ4v) is 3.26. The zero-order chi connectivity index (χ0) is 15.2. The number of morpholine rings is 1. The predicted molar refractivity (Wildman–Crippen MR) is 84.3 cm³/mol. The summed E-state index contributed by atoms with van der Waals surface area (Å²) in [5, 5.41) is 0. The molecule has 2 rings (SSSR count). The largest absolute Gasteiger partial charge is 0.379 e. The van der Waals surface area contributed by atoms with Gasteiger partial charge in [-0.1, -0.05) is 0 Å². The molecule has 5 nitrogen and oxygen atoms in total. The fraction of sp³-hybridized carbons (Fsp3) is 0.938. The monoisotopic (exact) mass is 297 g/mol. The van der Waals surface area contributed by atoms with E-state index in [-0.39, 0.29) is 0 Å². The summed E-state index contributed by atoms with van der Waals surface area (Å²) in [6.07, 6.45) is 1.77. The van der Waals surface area contributed by atoms with Gasteiger partial charge in [0.25, 0.3) is 0 Å². The van der Waals surface area contributed by atoms with Gasteiger partial charge in [0, 0.05) is 51.7 Å². The van der Waals surface area contributed by atoms with Crippen LogP contribution in [0.15, 0.2) is 0 Å². The average molecular weight is 297 g/mol. The first-order valence-electron chi connectivity index (χ1n) is 8.34. The predicted octanol–water partition coefficient (Wildman–Crippen LogP) is 0.897. The molecule has 0 spiro atoms. The summed E-state index contributed by atoms with van der Waals surface area (Å²) in [5.74, 6) is 0.956. The lowest BCUT2D eigenvalue weighted by Gasteiger charge is -2.37. The Bertz CT molecular complexity index is 329. The number of piperidine rings is 1. The third-order valence-corrected chi connectivity index (χ3v) is 4.64. The molecule has 0 radical (unpaired) electrons. The van der Waals surface area contributed by atoms with Gasteiger partial charge in [-0.3, -0.25) is 9.69 Å². The first-order chi connectivity index (χ1) is 10.1. The minimum atomic E-state index is 0.331. The van der Waals surface area contributed by atoms with Crippen LogP contribution < -0.4 is 0 Å². The Morgan fingerprint density at radius 2 is 2.05 bits per heavy atom. The van der Waals surface area contributed by atoms with Crippen molar-refractivity contribution in [3.8, 4) is 0 Å². The van der Waals surface area contributed by atoms with Crippen molar-refractivity contribution in [1.29, 1.82) is 0 Å². The molecule has 2 heterocycles. The van der Waals surface area contributed by atoms with E-state index in [0.29, 0.717) is 17.9 Å². The number of hydrogen-bond acceptors (Lipinski definition) is 4. The van der Waals surface area contributed by atoms with Crippen LogP contribution >= 0.6 is 0 Å². The summed E-state index contributed by atoms with van der Waals surface area (Å²) in [5.41, 5.74) is 0. The van der Waals surface area contributed by atoms with Gasteiger partial charge in [0.15, 0.2) is 0 Å². The number of nitrogens with zero attached hydrogens (tertiary/aromatic N) is 3. The molecule has 0 saturated carbocycles. The van der Waals surface area contributed by atoms with Gasteiger partial charge in [-0.2, -0.15) is 0 Å². The Hall–Kier alpha value is -0.650. The molecule has 2 aliphatic heterocycles. The van der Waals surface area contributed by atoms with Crippen LogP contribution in [0.1, 0.15) is 26.7 Å². The van der Waals surface area contributed by atoms with Crippen LogP contribution in [-0.2, 0) is 9.53 Å². The van der Waals surface area contributed by atoms with Gasteiger partial charge in [0.05, 0.1) is 13.2 Å². The number of amides is 1. The maximum Gasteiger partial charge on any atom is 0.222 e. The summed E-state index contributed by atoms with van der Waals surface area (Å²) >= 11 is 0. The van der Waals surface area contributed by atoms with Crippen LogP contribution in [0, 0.1) is 5.92 Å². The summed E-state index contributed by atoms with van der Waals surface area (Å²) in [7, 11) is 2.20. The summed E-state index contributed by atoms with van der Waals surface area (Å²) < 4.78 is 5.38. The Morgan fingerprint density at radius 1 is 1.33 bits per heavy atom. The van der Waals surface area contributed by atoms with Crippen LogP contribution in [0.2, 0.25) is 0 Å². The van der Waals surface area contributed by atoms with Crippen LogP contribution in [-0.4, -0.2) is 86.2 Å². The SMILES string of the molecule is CC(C)N1CC(CN(C)CCN2CCOCC2)CCC1=O. The zero-order valence-electron chi connectivity index (χ0n) is 13.9. The molecule has 2 aliphatic rings. The number of carbonyl (C=O) groups excluding carboxylic acids is 1. The van der Waals surface area contributed by atoms with Crippen molar-refractivity contribution < 1.29 is 9.53 Å². The third-order valence-electron chi connectivity index (χ3n) is 4.64. The minimum Gasteiger partial charge on any atom is -0.379 e. The highest BCUT2D eigenvalue weighted by atomic mass is 16.5. The summed E-state index contributed by atoms with van der Waals surface area (Å²) in [6, 6.07) is 0.332. The first kappa shape index (κ1) is 16.7. The number of ether oxygens (including phenoxy) is 1. The lowest BCUT2D eigenvalue weighted by molar-refractivity contribution is -0.136. The maximum absolute atomic E-state index is 11.9. The number of hydrogen-bond donors (Lipinski definition) is 0. The van der Waals surface area contributed by atoms with Gasteiger partial charge in [0.2, 0.25) is 5.91 Å². The Morgan fingerprint density at radius 3 is 2.71 bits per heavy atom.